The van der Waals surface area contributed by atoms with E-state index < -0.39 is 5.91 Å². The number of nitrogens with two attached hydrogens (primary N) is 1. The van der Waals surface area contributed by atoms with E-state index in [4.69, 9.17) is 10.7 Å². The van der Waals surface area contributed by atoms with Gasteiger partial charge in [-0.2, -0.15) is 0 Å². The Morgan fingerprint density at radius 2 is 1.64 bits per heavy atom. The largest absolute Gasteiger partial charge is 0.366 e. The number of carbonyl (C=O) groups is 1. The Morgan fingerprint density at radius 3 is 2.48 bits per heavy atom. The number of fused-ring (bicyclic) bond motifs is 4. The SMILES string of the molecule is Cc1cc(-n2c3ccccc3c3c(-c4cnc5ccccc5c4)cccc32)ccc1C(N)=O. The van der Waals surface area contributed by atoms with E-state index in [2.05, 4.69) is 59.2 Å². The maximum absolute atomic E-state index is 11.7. The number of amides is 1. The van der Waals surface area contributed by atoms with Crippen LogP contribution in [0.25, 0.3) is 49.5 Å². The summed E-state index contributed by atoms with van der Waals surface area (Å²) >= 11 is 0. The zero-order valence-corrected chi connectivity index (χ0v) is 18.1. The number of benzene rings is 4. The van der Waals surface area contributed by atoms with Crippen LogP contribution in [0.5, 0.6) is 0 Å². The monoisotopic (exact) mass is 427 g/mol. The Labute approximate surface area is 190 Å². The van der Waals surface area contributed by atoms with Gasteiger partial charge in [0, 0.05) is 39.2 Å². The first-order chi connectivity index (χ1) is 16.1. The molecule has 0 aliphatic heterocycles. The summed E-state index contributed by atoms with van der Waals surface area (Å²) in [4.78, 5) is 16.4. The van der Waals surface area contributed by atoms with E-state index >= 15 is 0 Å². The highest BCUT2D eigenvalue weighted by molar-refractivity contribution is 6.16. The number of rotatable bonds is 3. The molecule has 2 N–H and O–H groups in total. The number of pyridine rings is 1. The minimum absolute atomic E-state index is 0.410. The van der Waals surface area contributed by atoms with Crippen molar-refractivity contribution in [1.82, 2.24) is 9.55 Å². The third-order valence-electron chi connectivity index (χ3n) is 6.33. The topological polar surface area (TPSA) is 60.9 Å². The second-order valence-electron chi connectivity index (χ2n) is 8.33. The van der Waals surface area contributed by atoms with Crippen molar-refractivity contribution in [1.29, 1.82) is 0 Å². The third-order valence-corrected chi connectivity index (χ3v) is 6.33. The smallest absolute Gasteiger partial charge is 0.248 e. The molecule has 0 saturated carbocycles. The summed E-state index contributed by atoms with van der Waals surface area (Å²) in [7, 11) is 0. The molecule has 2 heterocycles. The standard InChI is InChI=1S/C29H21N3O/c1-18-15-21(13-14-22(18)29(30)33)32-26-11-5-3-8-24(26)28-23(9-6-12-27(28)32)20-16-19-7-2-4-10-25(19)31-17-20/h2-17H,1H3,(H2,30,33). The molecule has 6 rings (SSSR count). The number of nitrogens with zero attached hydrogens (tertiary/aromatic N) is 2. The minimum atomic E-state index is -0.410. The Hall–Kier alpha value is -4.44. The average molecular weight is 428 g/mol. The van der Waals surface area contributed by atoms with E-state index in [-0.39, 0.29) is 0 Å². The van der Waals surface area contributed by atoms with Gasteiger partial charge in [0.1, 0.15) is 0 Å². The van der Waals surface area contributed by atoms with Crippen LogP contribution in [0.2, 0.25) is 0 Å². The quantitative estimate of drug-likeness (QED) is 0.355. The number of hydrogen-bond donors (Lipinski definition) is 1. The van der Waals surface area contributed by atoms with Crippen LogP contribution in [0.4, 0.5) is 0 Å². The summed E-state index contributed by atoms with van der Waals surface area (Å²) in [6, 6.07) is 31.0. The molecule has 4 heteroatoms. The molecule has 4 nitrogen and oxygen atoms in total. The summed E-state index contributed by atoms with van der Waals surface area (Å²) in [6.45, 7) is 1.92. The second-order valence-corrected chi connectivity index (χ2v) is 8.33. The number of aromatic nitrogens is 2. The van der Waals surface area contributed by atoms with Crippen LogP contribution in [-0.2, 0) is 0 Å². The number of hydrogen-bond acceptors (Lipinski definition) is 2. The molecular formula is C29H21N3O. The maximum Gasteiger partial charge on any atom is 0.248 e. The van der Waals surface area contributed by atoms with Gasteiger partial charge in [-0.3, -0.25) is 9.78 Å². The van der Waals surface area contributed by atoms with Crippen LogP contribution in [0.3, 0.4) is 0 Å². The number of para-hydroxylation sites is 2. The molecule has 6 aromatic rings. The molecule has 0 spiro atoms. The number of aryl methyl sites for hydroxylation is 1. The summed E-state index contributed by atoms with van der Waals surface area (Å²) in [6.07, 6.45) is 1.95. The molecule has 4 aromatic carbocycles. The van der Waals surface area contributed by atoms with Gasteiger partial charge >= 0.3 is 0 Å². The Balaban J connectivity index is 1.67. The van der Waals surface area contributed by atoms with Crippen LogP contribution in [0, 0.1) is 6.92 Å². The molecule has 0 atom stereocenters. The molecule has 158 valence electrons. The van der Waals surface area contributed by atoms with Crippen LogP contribution < -0.4 is 5.73 Å². The van der Waals surface area contributed by atoms with Crippen LogP contribution in [0.15, 0.2) is 97.2 Å². The predicted molar refractivity (Wildman–Crippen MR) is 135 cm³/mol. The first-order valence-electron chi connectivity index (χ1n) is 10.9. The third kappa shape index (κ3) is 2.99. The second kappa shape index (κ2) is 7.31. The first-order valence-corrected chi connectivity index (χ1v) is 10.9. The predicted octanol–water partition coefficient (Wildman–Crippen LogP) is 6.41. The summed E-state index contributed by atoms with van der Waals surface area (Å²) in [5.74, 6) is -0.410. The van der Waals surface area contributed by atoms with Crippen LogP contribution in [-0.4, -0.2) is 15.5 Å². The van der Waals surface area contributed by atoms with Crippen molar-refractivity contribution in [2.45, 2.75) is 6.92 Å². The number of carbonyl (C=O) groups excluding carboxylic acids is 1. The Bertz CT molecular complexity index is 1710. The van der Waals surface area contributed by atoms with Gasteiger partial charge in [-0.25, -0.2) is 0 Å². The van der Waals surface area contributed by atoms with Gasteiger partial charge in [0.05, 0.1) is 16.6 Å². The van der Waals surface area contributed by atoms with E-state index in [0.717, 1.165) is 44.3 Å². The van der Waals surface area contributed by atoms with E-state index in [1.807, 2.05) is 49.5 Å². The molecule has 33 heavy (non-hydrogen) atoms. The zero-order chi connectivity index (χ0) is 22.5. The maximum atomic E-state index is 11.7. The minimum Gasteiger partial charge on any atom is -0.366 e. The van der Waals surface area contributed by atoms with Crippen molar-refractivity contribution in [3.63, 3.8) is 0 Å². The molecular weight excluding hydrogens is 406 g/mol. The van der Waals surface area contributed by atoms with Crippen LogP contribution >= 0.6 is 0 Å². The Morgan fingerprint density at radius 1 is 0.848 bits per heavy atom. The molecule has 0 bridgehead atoms. The average Bonchev–Trinajstić information content (AvgIpc) is 3.18. The van der Waals surface area contributed by atoms with Gasteiger partial charge in [0.2, 0.25) is 5.91 Å². The van der Waals surface area contributed by atoms with Crippen molar-refractivity contribution in [2.24, 2.45) is 5.73 Å². The van der Waals surface area contributed by atoms with Gasteiger partial charge < -0.3 is 10.3 Å². The molecule has 0 fully saturated rings. The van der Waals surface area contributed by atoms with Crippen molar-refractivity contribution >= 4 is 38.6 Å². The Kier molecular flexibility index (Phi) is 4.27. The summed E-state index contributed by atoms with van der Waals surface area (Å²) < 4.78 is 2.25. The van der Waals surface area contributed by atoms with Crippen molar-refractivity contribution in [3.8, 4) is 16.8 Å². The first kappa shape index (κ1) is 19.3. The van der Waals surface area contributed by atoms with Crippen LogP contribution in [0.1, 0.15) is 15.9 Å². The highest BCUT2D eigenvalue weighted by Crippen LogP contribution is 2.38. The normalized spacial score (nSPS) is 11.4. The number of primary amides is 1. The van der Waals surface area contributed by atoms with E-state index in [9.17, 15) is 4.79 Å². The lowest BCUT2D eigenvalue weighted by Gasteiger charge is -2.11. The lowest BCUT2D eigenvalue weighted by Crippen LogP contribution is -2.12. The lowest BCUT2D eigenvalue weighted by molar-refractivity contribution is 0.0999. The van der Waals surface area contributed by atoms with E-state index in [0.29, 0.717) is 5.56 Å². The van der Waals surface area contributed by atoms with Crippen molar-refractivity contribution < 1.29 is 4.79 Å². The van der Waals surface area contributed by atoms with Gasteiger partial charge in [-0.15, -0.1) is 0 Å². The molecule has 2 aromatic heterocycles. The molecule has 0 unspecified atom stereocenters. The fourth-order valence-corrected chi connectivity index (χ4v) is 4.82. The molecule has 1 amide bonds. The van der Waals surface area contributed by atoms with E-state index in [1.54, 1.807) is 0 Å². The highest BCUT2D eigenvalue weighted by atomic mass is 16.1. The van der Waals surface area contributed by atoms with Crippen molar-refractivity contribution in [2.75, 3.05) is 0 Å². The molecule has 0 aliphatic carbocycles. The van der Waals surface area contributed by atoms with E-state index in [1.165, 1.54) is 10.8 Å². The molecule has 0 aliphatic rings. The van der Waals surface area contributed by atoms with Crippen molar-refractivity contribution in [3.05, 3.63) is 108 Å². The highest BCUT2D eigenvalue weighted by Gasteiger charge is 2.17. The zero-order valence-electron chi connectivity index (χ0n) is 18.1. The van der Waals surface area contributed by atoms with Gasteiger partial charge in [0.15, 0.2) is 0 Å². The summed E-state index contributed by atoms with van der Waals surface area (Å²) in [5.41, 5.74) is 13.4. The van der Waals surface area contributed by atoms with Gasteiger partial charge in [-0.05, 0) is 60.5 Å². The molecule has 0 radical (unpaired) electrons. The van der Waals surface area contributed by atoms with Gasteiger partial charge in [-0.1, -0.05) is 48.5 Å². The lowest BCUT2D eigenvalue weighted by atomic mass is 9.99. The molecule has 0 saturated heterocycles. The fraction of sp³-hybridized carbons (Fsp3) is 0.0345. The summed E-state index contributed by atoms with van der Waals surface area (Å²) in [5, 5.41) is 3.48. The fourth-order valence-electron chi connectivity index (χ4n) is 4.82. The van der Waals surface area contributed by atoms with Gasteiger partial charge in [0.25, 0.3) is 0 Å².